The third-order valence-electron chi connectivity index (χ3n) is 2.45. The van der Waals surface area contributed by atoms with Crippen LogP contribution in [0.25, 0.3) is 0 Å². The molecule has 0 aromatic carbocycles. The van der Waals surface area contributed by atoms with Crippen molar-refractivity contribution < 1.29 is 5.11 Å². The number of rotatable bonds is 2. The molecule has 0 fully saturated rings. The van der Waals surface area contributed by atoms with Crippen LogP contribution in [-0.2, 0) is 0 Å². The SMILES string of the molecule is Cc1ccc(C(O)c2sccc2Br)c(C)n1. The summed E-state index contributed by atoms with van der Waals surface area (Å²) in [5.41, 5.74) is 2.72. The topological polar surface area (TPSA) is 33.1 Å². The van der Waals surface area contributed by atoms with Crippen LogP contribution in [0.1, 0.15) is 27.9 Å². The van der Waals surface area contributed by atoms with E-state index in [4.69, 9.17) is 0 Å². The number of aryl methyl sites for hydroxylation is 2. The van der Waals surface area contributed by atoms with Gasteiger partial charge in [0.15, 0.2) is 0 Å². The highest BCUT2D eigenvalue weighted by Crippen LogP contribution is 2.33. The molecule has 2 aromatic heterocycles. The Hall–Kier alpha value is -0.710. The summed E-state index contributed by atoms with van der Waals surface area (Å²) in [7, 11) is 0. The molecule has 2 rings (SSSR count). The third-order valence-corrected chi connectivity index (χ3v) is 4.38. The van der Waals surface area contributed by atoms with Crippen molar-refractivity contribution in [2.45, 2.75) is 20.0 Å². The van der Waals surface area contributed by atoms with Gasteiger partial charge in [0.25, 0.3) is 0 Å². The molecule has 2 heterocycles. The lowest BCUT2D eigenvalue weighted by Gasteiger charge is -2.12. The molecule has 4 heteroatoms. The fraction of sp³-hybridized carbons (Fsp3) is 0.250. The van der Waals surface area contributed by atoms with Gasteiger partial charge in [-0.1, -0.05) is 6.07 Å². The summed E-state index contributed by atoms with van der Waals surface area (Å²) in [4.78, 5) is 5.29. The summed E-state index contributed by atoms with van der Waals surface area (Å²) in [5.74, 6) is 0. The number of halogens is 1. The molecule has 0 aliphatic rings. The average molecular weight is 298 g/mol. The van der Waals surface area contributed by atoms with Crippen LogP contribution in [0, 0.1) is 13.8 Å². The van der Waals surface area contributed by atoms with Crippen molar-refractivity contribution in [3.05, 3.63) is 49.9 Å². The summed E-state index contributed by atoms with van der Waals surface area (Å²) in [6.45, 7) is 3.87. The number of pyridine rings is 1. The number of hydrogen-bond acceptors (Lipinski definition) is 3. The van der Waals surface area contributed by atoms with Crippen molar-refractivity contribution in [1.82, 2.24) is 4.98 Å². The molecule has 0 aliphatic heterocycles. The number of hydrogen-bond donors (Lipinski definition) is 1. The first-order valence-corrected chi connectivity index (χ1v) is 6.62. The highest BCUT2D eigenvalue weighted by molar-refractivity contribution is 9.10. The van der Waals surface area contributed by atoms with E-state index in [1.807, 2.05) is 37.4 Å². The van der Waals surface area contributed by atoms with Gasteiger partial charge in [-0.25, -0.2) is 0 Å². The molecular weight excluding hydrogens is 286 g/mol. The van der Waals surface area contributed by atoms with Crippen molar-refractivity contribution >= 4 is 27.3 Å². The molecule has 0 saturated heterocycles. The average Bonchev–Trinajstić information content (AvgIpc) is 2.63. The zero-order valence-electron chi connectivity index (χ0n) is 9.07. The summed E-state index contributed by atoms with van der Waals surface area (Å²) in [6, 6.07) is 5.81. The normalized spacial score (nSPS) is 12.8. The summed E-state index contributed by atoms with van der Waals surface area (Å²) in [5, 5.41) is 12.2. The van der Waals surface area contributed by atoms with Crippen LogP contribution in [0.15, 0.2) is 28.1 Å². The van der Waals surface area contributed by atoms with E-state index >= 15 is 0 Å². The van der Waals surface area contributed by atoms with Crippen LogP contribution in [0.5, 0.6) is 0 Å². The number of aliphatic hydroxyl groups is 1. The Labute approximate surface area is 107 Å². The van der Waals surface area contributed by atoms with Gasteiger partial charge in [0, 0.05) is 21.4 Å². The van der Waals surface area contributed by atoms with E-state index in [0.29, 0.717) is 0 Å². The minimum Gasteiger partial charge on any atom is -0.383 e. The van der Waals surface area contributed by atoms with E-state index in [1.165, 1.54) is 0 Å². The van der Waals surface area contributed by atoms with E-state index in [9.17, 15) is 5.11 Å². The van der Waals surface area contributed by atoms with Gasteiger partial charge in [0.2, 0.25) is 0 Å². The molecule has 0 bridgehead atoms. The summed E-state index contributed by atoms with van der Waals surface area (Å²) >= 11 is 4.97. The number of thiophene rings is 1. The van der Waals surface area contributed by atoms with E-state index < -0.39 is 6.10 Å². The van der Waals surface area contributed by atoms with Crippen LogP contribution < -0.4 is 0 Å². The summed E-state index contributed by atoms with van der Waals surface area (Å²) in [6.07, 6.45) is -0.595. The molecule has 2 aromatic rings. The van der Waals surface area contributed by atoms with Gasteiger partial charge in [-0.15, -0.1) is 11.3 Å². The number of aliphatic hydroxyl groups excluding tert-OH is 1. The maximum Gasteiger partial charge on any atom is 0.116 e. The molecule has 0 radical (unpaired) electrons. The second-order valence-electron chi connectivity index (χ2n) is 3.66. The van der Waals surface area contributed by atoms with Crippen molar-refractivity contribution in [2.24, 2.45) is 0 Å². The lowest BCUT2D eigenvalue weighted by Crippen LogP contribution is -2.02. The molecule has 0 amide bonds. The monoisotopic (exact) mass is 297 g/mol. The van der Waals surface area contributed by atoms with Crippen molar-refractivity contribution in [3.8, 4) is 0 Å². The first-order chi connectivity index (χ1) is 7.59. The molecule has 0 spiro atoms. The predicted molar refractivity (Wildman–Crippen MR) is 69.8 cm³/mol. The quantitative estimate of drug-likeness (QED) is 0.919. The lowest BCUT2D eigenvalue weighted by molar-refractivity contribution is 0.222. The van der Waals surface area contributed by atoms with E-state index in [-0.39, 0.29) is 0 Å². The second kappa shape index (κ2) is 4.65. The van der Waals surface area contributed by atoms with E-state index in [2.05, 4.69) is 20.9 Å². The molecule has 0 aliphatic carbocycles. The standard InChI is InChI=1S/C12H12BrNOS/c1-7-3-4-9(8(2)14-7)11(15)12-10(13)5-6-16-12/h3-6,11,15H,1-2H3. The van der Waals surface area contributed by atoms with Crippen LogP contribution in [0.4, 0.5) is 0 Å². The minimum atomic E-state index is -0.595. The van der Waals surface area contributed by atoms with Crippen molar-refractivity contribution in [3.63, 3.8) is 0 Å². The molecule has 1 atom stereocenters. The molecule has 1 N–H and O–H groups in total. The second-order valence-corrected chi connectivity index (χ2v) is 5.46. The number of aromatic nitrogens is 1. The molecule has 84 valence electrons. The van der Waals surface area contributed by atoms with Gasteiger partial charge in [0.1, 0.15) is 6.10 Å². The molecule has 2 nitrogen and oxygen atoms in total. The summed E-state index contributed by atoms with van der Waals surface area (Å²) < 4.78 is 0.949. The lowest BCUT2D eigenvalue weighted by atomic mass is 10.1. The predicted octanol–water partition coefficient (Wildman–Crippen LogP) is 3.60. The van der Waals surface area contributed by atoms with Crippen molar-refractivity contribution in [1.29, 1.82) is 0 Å². The minimum absolute atomic E-state index is 0.595. The Morgan fingerprint density at radius 3 is 2.62 bits per heavy atom. The Morgan fingerprint density at radius 1 is 1.31 bits per heavy atom. The van der Waals surface area contributed by atoms with Gasteiger partial charge < -0.3 is 5.11 Å². The Balaban J connectivity index is 2.41. The van der Waals surface area contributed by atoms with Gasteiger partial charge in [-0.3, -0.25) is 4.98 Å². The van der Waals surface area contributed by atoms with Gasteiger partial charge in [-0.2, -0.15) is 0 Å². The first kappa shape index (κ1) is 11.8. The fourth-order valence-corrected chi connectivity index (χ4v) is 3.22. The largest absolute Gasteiger partial charge is 0.383 e. The Kier molecular flexibility index (Phi) is 3.42. The molecule has 1 unspecified atom stereocenters. The fourth-order valence-electron chi connectivity index (χ4n) is 1.63. The highest BCUT2D eigenvalue weighted by Gasteiger charge is 2.17. The van der Waals surface area contributed by atoms with Gasteiger partial charge in [0.05, 0.1) is 4.88 Å². The Morgan fingerprint density at radius 2 is 2.06 bits per heavy atom. The van der Waals surface area contributed by atoms with Crippen LogP contribution in [0.2, 0.25) is 0 Å². The number of nitrogens with zero attached hydrogens (tertiary/aromatic N) is 1. The zero-order valence-corrected chi connectivity index (χ0v) is 11.5. The van der Waals surface area contributed by atoms with E-state index in [0.717, 1.165) is 26.3 Å². The third kappa shape index (κ3) is 2.19. The van der Waals surface area contributed by atoms with E-state index in [1.54, 1.807) is 11.3 Å². The maximum atomic E-state index is 10.3. The smallest absolute Gasteiger partial charge is 0.116 e. The van der Waals surface area contributed by atoms with Gasteiger partial charge in [-0.05, 0) is 47.3 Å². The molecule has 0 saturated carbocycles. The highest BCUT2D eigenvalue weighted by atomic mass is 79.9. The van der Waals surface area contributed by atoms with Crippen molar-refractivity contribution in [2.75, 3.05) is 0 Å². The Bertz CT molecular complexity index is 509. The van der Waals surface area contributed by atoms with Crippen LogP contribution in [-0.4, -0.2) is 10.1 Å². The first-order valence-electron chi connectivity index (χ1n) is 4.94. The zero-order chi connectivity index (χ0) is 11.7. The maximum absolute atomic E-state index is 10.3. The molecular formula is C12H12BrNOS. The van der Waals surface area contributed by atoms with Crippen LogP contribution >= 0.6 is 27.3 Å². The van der Waals surface area contributed by atoms with Gasteiger partial charge >= 0.3 is 0 Å². The molecule has 16 heavy (non-hydrogen) atoms. The van der Waals surface area contributed by atoms with Crippen LogP contribution in [0.3, 0.4) is 0 Å².